The summed E-state index contributed by atoms with van der Waals surface area (Å²) in [7, 11) is 0. The van der Waals surface area contributed by atoms with Gasteiger partial charge in [0.25, 0.3) is 11.5 Å². The van der Waals surface area contributed by atoms with Gasteiger partial charge in [0.15, 0.2) is 0 Å². The standard InChI is InChI=1S/C17H15N5O2S/c23-15(19-5-3-7-21-9-6-18-11-21)13-10-12-16(25-13)20-14-4-1-2-8-22(14)17(12)24/h1-2,4,6,8-11H,3,5,7H2,(H,19,23). The Labute approximate surface area is 146 Å². The van der Waals surface area contributed by atoms with Crippen LogP contribution in [-0.2, 0) is 6.54 Å². The summed E-state index contributed by atoms with van der Waals surface area (Å²) in [5.41, 5.74) is 0.421. The molecule has 4 heterocycles. The van der Waals surface area contributed by atoms with E-state index in [1.807, 2.05) is 16.8 Å². The average molecular weight is 353 g/mol. The fraction of sp³-hybridized carbons (Fsp3) is 0.176. The zero-order chi connectivity index (χ0) is 17.2. The van der Waals surface area contributed by atoms with Crippen molar-refractivity contribution in [3.8, 4) is 0 Å². The molecule has 0 aliphatic rings. The van der Waals surface area contributed by atoms with Gasteiger partial charge in [-0.25, -0.2) is 9.97 Å². The first-order chi connectivity index (χ1) is 12.2. The van der Waals surface area contributed by atoms with Crippen molar-refractivity contribution in [2.24, 2.45) is 0 Å². The van der Waals surface area contributed by atoms with E-state index >= 15 is 0 Å². The zero-order valence-electron chi connectivity index (χ0n) is 13.3. The average Bonchev–Trinajstić information content (AvgIpc) is 3.28. The lowest BCUT2D eigenvalue weighted by atomic mass is 10.3. The van der Waals surface area contributed by atoms with Gasteiger partial charge in [-0.05, 0) is 24.6 Å². The van der Waals surface area contributed by atoms with Gasteiger partial charge >= 0.3 is 0 Å². The molecule has 0 fully saturated rings. The summed E-state index contributed by atoms with van der Waals surface area (Å²) in [5.74, 6) is -0.179. The number of aromatic nitrogens is 4. The highest BCUT2D eigenvalue weighted by Crippen LogP contribution is 2.21. The number of aryl methyl sites for hydroxylation is 1. The molecule has 8 heteroatoms. The third-order valence-electron chi connectivity index (χ3n) is 3.88. The Hall–Kier alpha value is -3.00. The van der Waals surface area contributed by atoms with Gasteiger partial charge in [-0.1, -0.05) is 6.07 Å². The molecule has 126 valence electrons. The number of rotatable bonds is 5. The quantitative estimate of drug-likeness (QED) is 0.556. The summed E-state index contributed by atoms with van der Waals surface area (Å²) >= 11 is 1.24. The third kappa shape index (κ3) is 3.03. The smallest absolute Gasteiger partial charge is 0.266 e. The second-order valence-corrected chi connectivity index (χ2v) is 6.62. The van der Waals surface area contributed by atoms with Crippen molar-refractivity contribution in [2.75, 3.05) is 6.54 Å². The number of fused-ring (bicyclic) bond motifs is 2. The maximum atomic E-state index is 12.5. The van der Waals surface area contributed by atoms with Crippen LogP contribution in [-0.4, -0.2) is 31.4 Å². The lowest BCUT2D eigenvalue weighted by Gasteiger charge is -2.04. The van der Waals surface area contributed by atoms with E-state index in [1.165, 1.54) is 15.7 Å². The molecule has 0 atom stereocenters. The fourth-order valence-electron chi connectivity index (χ4n) is 2.63. The zero-order valence-corrected chi connectivity index (χ0v) is 14.1. The first kappa shape index (κ1) is 15.5. The molecule has 0 radical (unpaired) electrons. The van der Waals surface area contributed by atoms with Crippen molar-refractivity contribution in [3.05, 3.63) is 64.4 Å². The van der Waals surface area contributed by atoms with Crippen LogP contribution in [0.2, 0.25) is 0 Å². The van der Waals surface area contributed by atoms with Crippen LogP contribution in [0.3, 0.4) is 0 Å². The van der Waals surface area contributed by atoms with Crippen molar-refractivity contribution in [1.29, 1.82) is 0 Å². The highest BCUT2D eigenvalue weighted by atomic mass is 32.1. The lowest BCUT2D eigenvalue weighted by Crippen LogP contribution is -2.24. The van der Waals surface area contributed by atoms with Crippen LogP contribution in [0.1, 0.15) is 16.1 Å². The van der Waals surface area contributed by atoms with Crippen LogP contribution in [0, 0.1) is 0 Å². The number of carbonyl (C=O) groups is 1. The van der Waals surface area contributed by atoms with Gasteiger partial charge in [0, 0.05) is 31.7 Å². The minimum absolute atomic E-state index is 0.156. The van der Waals surface area contributed by atoms with E-state index in [2.05, 4.69) is 15.3 Å². The van der Waals surface area contributed by atoms with Gasteiger partial charge in [0.1, 0.15) is 10.5 Å². The molecule has 0 saturated heterocycles. The SMILES string of the molecule is O=C(NCCCn1ccnc1)c1cc2c(=O)n3ccccc3nc2s1. The molecule has 1 amide bonds. The molecule has 4 rings (SSSR count). The third-order valence-corrected chi connectivity index (χ3v) is 4.91. The molecule has 4 aromatic rings. The van der Waals surface area contributed by atoms with Crippen LogP contribution in [0.15, 0.2) is 54.0 Å². The number of nitrogens with one attached hydrogen (secondary N) is 1. The molecule has 25 heavy (non-hydrogen) atoms. The molecule has 4 aromatic heterocycles. The maximum Gasteiger partial charge on any atom is 0.266 e. The van der Waals surface area contributed by atoms with Crippen molar-refractivity contribution >= 4 is 33.1 Å². The maximum absolute atomic E-state index is 12.5. The predicted molar refractivity (Wildman–Crippen MR) is 96.0 cm³/mol. The summed E-state index contributed by atoms with van der Waals surface area (Å²) < 4.78 is 3.45. The molecule has 0 aliphatic carbocycles. The molecule has 0 saturated carbocycles. The van der Waals surface area contributed by atoms with E-state index in [9.17, 15) is 9.59 Å². The van der Waals surface area contributed by atoms with Crippen molar-refractivity contribution in [3.63, 3.8) is 0 Å². The Bertz CT molecular complexity index is 1100. The van der Waals surface area contributed by atoms with Gasteiger partial charge in [-0.3, -0.25) is 14.0 Å². The number of carbonyl (C=O) groups excluding carboxylic acids is 1. The summed E-state index contributed by atoms with van der Waals surface area (Å²) in [4.78, 5) is 34.4. The number of nitrogens with zero attached hydrogens (tertiary/aromatic N) is 4. The van der Waals surface area contributed by atoms with Gasteiger partial charge in [0.2, 0.25) is 0 Å². The normalized spacial score (nSPS) is 11.2. The van der Waals surface area contributed by atoms with E-state index in [0.29, 0.717) is 27.3 Å². The van der Waals surface area contributed by atoms with Gasteiger partial charge in [0.05, 0.1) is 16.6 Å². The van der Waals surface area contributed by atoms with Gasteiger partial charge in [-0.2, -0.15) is 0 Å². The molecule has 0 bridgehead atoms. The number of hydrogen-bond donors (Lipinski definition) is 1. The largest absolute Gasteiger partial charge is 0.351 e. The number of pyridine rings is 1. The second kappa shape index (κ2) is 6.48. The summed E-state index contributed by atoms with van der Waals surface area (Å²) in [5, 5.41) is 3.35. The molecular weight excluding hydrogens is 338 g/mol. The minimum Gasteiger partial charge on any atom is -0.351 e. The number of imidazole rings is 1. The molecule has 0 unspecified atom stereocenters. The molecule has 1 N–H and O–H groups in total. The summed E-state index contributed by atoms with van der Waals surface area (Å²) in [6, 6.07) is 7.01. The first-order valence-corrected chi connectivity index (χ1v) is 8.69. The summed E-state index contributed by atoms with van der Waals surface area (Å²) in [6.07, 6.45) is 7.84. The first-order valence-electron chi connectivity index (χ1n) is 7.87. The van der Waals surface area contributed by atoms with Gasteiger partial charge in [-0.15, -0.1) is 11.3 Å². The fourth-order valence-corrected chi connectivity index (χ4v) is 3.58. The Balaban J connectivity index is 1.51. The van der Waals surface area contributed by atoms with E-state index in [1.54, 1.807) is 36.9 Å². The van der Waals surface area contributed by atoms with Crippen LogP contribution >= 0.6 is 11.3 Å². The topological polar surface area (TPSA) is 81.3 Å². The highest BCUT2D eigenvalue weighted by Gasteiger charge is 2.14. The Morgan fingerprint density at radius 1 is 1.28 bits per heavy atom. The van der Waals surface area contributed by atoms with Crippen LogP contribution in [0.4, 0.5) is 0 Å². The van der Waals surface area contributed by atoms with E-state index < -0.39 is 0 Å². The summed E-state index contributed by atoms with van der Waals surface area (Å²) in [6.45, 7) is 1.35. The van der Waals surface area contributed by atoms with Crippen molar-refractivity contribution in [1.82, 2.24) is 24.3 Å². The van der Waals surface area contributed by atoms with E-state index in [0.717, 1.165) is 13.0 Å². The van der Waals surface area contributed by atoms with E-state index in [-0.39, 0.29) is 11.5 Å². The Morgan fingerprint density at radius 3 is 3.04 bits per heavy atom. The predicted octanol–water partition coefficient (Wildman–Crippen LogP) is 1.93. The monoisotopic (exact) mass is 353 g/mol. The molecule has 7 nitrogen and oxygen atoms in total. The number of thiophene rings is 1. The van der Waals surface area contributed by atoms with Crippen LogP contribution in [0.5, 0.6) is 0 Å². The Morgan fingerprint density at radius 2 is 2.20 bits per heavy atom. The number of hydrogen-bond acceptors (Lipinski definition) is 5. The molecule has 0 aliphatic heterocycles. The minimum atomic E-state index is -0.179. The number of amides is 1. The van der Waals surface area contributed by atoms with Crippen LogP contribution in [0.25, 0.3) is 15.9 Å². The lowest BCUT2D eigenvalue weighted by molar-refractivity contribution is 0.0957. The Kier molecular flexibility index (Phi) is 4.02. The second-order valence-electron chi connectivity index (χ2n) is 5.59. The van der Waals surface area contributed by atoms with Crippen molar-refractivity contribution < 1.29 is 4.79 Å². The van der Waals surface area contributed by atoms with E-state index in [4.69, 9.17) is 0 Å². The van der Waals surface area contributed by atoms with Gasteiger partial charge < -0.3 is 9.88 Å². The molecular formula is C17H15N5O2S. The van der Waals surface area contributed by atoms with Crippen molar-refractivity contribution in [2.45, 2.75) is 13.0 Å². The molecule has 0 aromatic carbocycles. The molecule has 0 spiro atoms. The highest BCUT2D eigenvalue weighted by molar-refractivity contribution is 7.20. The van der Waals surface area contributed by atoms with Crippen LogP contribution < -0.4 is 10.9 Å².